The van der Waals surface area contributed by atoms with Crippen LogP contribution in [-0.4, -0.2) is 6.54 Å². The van der Waals surface area contributed by atoms with E-state index in [0.717, 1.165) is 6.54 Å². The smallest absolute Gasteiger partial charge is 0.0331 e. The summed E-state index contributed by atoms with van der Waals surface area (Å²) in [6.45, 7) is 5.44. The summed E-state index contributed by atoms with van der Waals surface area (Å²) in [5, 5.41) is 8.16. The van der Waals surface area contributed by atoms with Crippen LogP contribution >= 0.6 is 11.3 Å². The summed E-state index contributed by atoms with van der Waals surface area (Å²) < 4.78 is 0. The van der Waals surface area contributed by atoms with Gasteiger partial charge < -0.3 is 5.32 Å². The lowest BCUT2D eigenvalue weighted by molar-refractivity contribution is 0.497. The number of benzene rings is 1. The van der Waals surface area contributed by atoms with Gasteiger partial charge in [-0.05, 0) is 60.2 Å². The molecule has 1 unspecified atom stereocenters. The Kier molecular flexibility index (Phi) is 5.62. The third-order valence-corrected chi connectivity index (χ3v) is 4.40. The fourth-order valence-corrected chi connectivity index (χ4v) is 3.40. The summed E-state index contributed by atoms with van der Waals surface area (Å²) in [5.74, 6) is 0. The van der Waals surface area contributed by atoms with Crippen molar-refractivity contribution in [2.24, 2.45) is 0 Å². The van der Waals surface area contributed by atoms with Gasteiger partial charge in [-0.25, -0.2) is 0 Å². The van der Waals surface area contributed by atoms with Crippen molar-refractivity contribution in [1.82, 2.24) is 5.32 Å². The van der Waals surface area contributed by atoms with Gasteiger partial charge in [0.05, 0.1) is 0 Å². The van der Waals surface area contributed by atoms with Crippen molar-refractivity contribution in [3.63, 3.8) is 0 Å². The second-order valence-electron chi connectivity index (χ2n) is 5.00. The van der Waals surface area contributed by atoms with Gasteiger partial charge in [0, 0.05) is 6.04 Å². The van der Waals surface area contributed by atoms with Crippen molar-refractivity contribution in [2.45, 2.75) is 39.2 Å². The van der Waals surface area contributed by atoms with Gasteiger partial charge in [-0.2, -0.15) is 11.3 Å². The molecule has 102 valence electrons. The van der Waals surface area contributed by atoms with E-state index in [1.807, 2.05) is 11.3 Å². The highest BCUT2D eigenvalue weighted by atomic mass is 32.1. The molecule has 0 aliphatic carbocycles. The van der Waals surface area contributed by atoms with Crippen molar-refractivity contribution in [3.8, 4) is 0 Å². The monoisotopic (exact) mass is 273 g/mol. The highest BCUT2D eigenvalue weighted by molar-refractivity contribution is 7.08. The Morgan fingerprint density at radius 2 is 1.95 bits per heavy atom. The van der Waals surface area contributed by atoms with Crippen LogP contribution in [0, 0.1) is 6.92 Å². The van der Waals surface area contributed by atoms with Crippen LogP contribution in [0.5, 0.6) is 0 Å². The van der Waals surface area contributed by atoms with Gasteiger partial charge in [-0.1, -0.05) is 37.3 Å². The molecule has 1 nitrogen and oxygen atoms in total. The molecule has 0 radical (unpaired) electrons. The highest BCUT2D eigenvalue weighted by Crippen LogP contribution is 2.25. The SMILES string of the molecule is CCNC(CCCc1ccccc1)c1cscc1C. The lowest BCUT2D eigenvalue weighted by Gasteiger charge is -2.18. The standard InChI is InChI=1S/C17H23NS/c1-3-18-17(16-13-19-12-14(16)2)11-7-10-15-8-5-4-6-9-15/h4-6,8-9,12-13,17-18H,3,7,10-11H2,1-2H3. The third kappa shape index (κ3) is 4.19. The maximum absolute atomic E-state index is 3.62. The molecular weight excluding hydrogens is 250 g/mol. The maximum atomic E-state index is 3.62. The first-order valence-electron chi connectivity index (χ1n) is 7.11. The van der Waals surface area contributed by atoms with Gasteiger partial charge in [-0.15, -0.1) is 0 Å². The fourth-order valence-electron chi connectivity index (χ4n) is 2.50. The first-order chi connectivity index (χ1) is 9.31. The third-order valence-electron chi connectivity index (χ3n) is 3.52. The molecule has 0 amide bonds. The number of hydrogen-bond donors (Lipinski definition) is 1. The lowest BCUT2D eigenvalue weighted by atomic mass is 9.99. The van der Waals surface area contributed by atoms with Gasteiger partial charge in [-0.3, -0.25) is 0 Å². The first-order valence-corrected chi connectivity index (χ1v) is 8.05. The van der Waals surface area contributed by atoms with Crippen molar-refractivity contribution < 1.29 is 0 Å². The van der Waals surface area contributed by atoms with E-state index in [-0.39, 0.29) is 0 Å². The number of nitrogens with one attached hydrogen (secondary N) is 1. The minimum Gasteiger partial charge on any atom is -0.310 e. The van der Waals surface area contributed by atoms with Crippen molar-refractivity contribution in [2.75, 3.05) is 6.54 Å². The minimum atomic E-state index is 0.514. The molecule has 2 aromatic rings. The highest BCUT2D eigenvalue weighted by Gasteiger charge is 2.13. The molecule has 0 spiro atoms. The molecule has 1 atom stereocenters. The first kappa shape index (κ1) is 14.3. The van der Waals surface area contributed by atoms with Crippen LogP contribution in [0.2, 0.25) is 0 Å². The number of rotatable bonds is 7. The Balaban J connectivity index is 1.89. The van der Waals surface area contributed by atoms with E-state index in [1.165, 1.54) is 36.0 Å². The average Bonchev–Trinajstić information content (AvgIpc) is 2.85. The summed E-state index contributed by atoms with van der Waals surface area (Å²) in [5.41, 5.74) is 4.36. The van der Waals surface area contributed by atoms with E-state index < -0.39 is 0 Å². The second-order valence-corrected chi connectivity index (χ2v) is 5.74. The van der Waals surface area contributed by atoms with Gasteiger partial charge in [0.15, 0.2) is 0 Å². The summed E-state index contributed by atoms with van der Waals surface area (Å²) in [6, 6.07) is 11.3. The van der Waals surface area contributed by atoms with Gasteiger partial charge in [0.25, 0.3) is 0 Å². The summed E-state index contributed by atoms with van der Waals surface area (Å²) >= 11 is 1.81. The quantitative estimate of drug-likeness (QED) is 0.769. The van der Waals surface area contributed by atoms with Crippen molar-refractivity contribution in [3.05, 3.63) is 57.8 Å². The largest absolute Gasteiger partial charge is 0.310 e. The average molecular weight is 273 g/mol. The summed E-state index contributed by atoms with van der Waals surface area (Å²) in [4.78, 5) is 0. The van der Waals surface area contributed by atoms with Crippen LogP contribution in [0.4, 0.5) is 0 Å². The molecule has 1 heterocycles. The number of thiophene rings is 1. The molecule has 0 bridgehead atoms. The molecular formula is C17H23NS. The Morgan fingerprint density at radius 1 is 1.16 bits per heavy atom. The molecule has 0 aliphatic heterocycles. The van der Waals surface area contributed by atoms with Crippen LogP contribution in [0.15, 0.2) is 41.1 Å². The zero-order chi connectivity index (χ0) is 13.5. The van der Waals surface area contributed by atoms with E-state index in [1.54, 1.807) is 0 Å². The van der Waals surface area contributed by atoms with E-state index in [4.69, 9.17) is 0 Å². The normalized spacial score (nSPS) is 12.5. The van der Waals surface area contributed by atoms with E-state index in [2.05, 4.69) is 60.3 Å². The topological polar surface area (TPSA) is 12.0 Å². The molecule has 0 fully saturated rings. The Bertz CT molecular complexity index is 475. The molecule has 1 aromatic heterocycles. The zero-order valence-electron chi connectivity index (χ0n) is 11.9. The van der Waals surface area contributed by atoms with E-state index in [9.17, 15) is 0 Å². The second kappa shape index (κ2) is 7.46. The van der Waals surface area contributed by atoms with Gasteiger partial charge in [0.1, 0.15) is 0 Å². The minimum absolute atomic E-state index is 0.514. The van der Waals surface area contributed by atoms with Crippen LogP contribution in [0.1, 0.15) is 42.5 Å². The molecule has 0 saturated heterocycles. The van der Waals surface area contributed by atoms with Gasteiger partial charge >= 0.3 is 0 Å². The molecule has 1 N–H and O–H groups in total. The summed E-state index contributed by atoms with van der Waals surface area (Å²) in [6.07, 6.45) is 3.61. The number of aryl methyl sites for hydroxylation is 2. The van der Waals surface area contributed by atoms with Crippen LogP contribution in [0.25, 0.3) is 0 Å². The Hall–Kier alpha value is -1.12. The number of hydrogen-bond acceptors (Lipinski definition) is 2. The summed E-state index contributed by atoms with van der Waals surface area (Å²) in [7, 11) is 0. The van der Waals surface area contributed by atoms with Crippen molar-refractivity contribution in [1.29, 1.82) is 0 Å². The molecule has 2 heteroatoms. The molecule has 0 saturated carbocycles. The molecule has 0 aliphatic rings. The Labute approximate surface area is 120 Å². The fraction of sp³-hybridized carbons (Fsp3) is 0.412. The Morgan fingerprint density at radius 3 is 2.58 bits per heavy atom. The molecule has 1 aromatic carbocycles. The zero-order valence-corrected chi connectivity index (χ0v) is 12.7. The predicted molar refractivity (Wildman–Crippen MR) is 84.9 cm³/mol. The maximum Gasteiger partial charge on any atom is 0.0331 e. The van der Waals surface area contributed by atoms with Crippen LogP contribution in [-0.2, 0) is 6.42 Å². The molecule has 19 heavy (non-hydrogen) atoms. The van der Waals surface area contributed by atoms with E-state index in [0.29, 0.717) is 6.04 Å². The van der Waals surface area contributed by atoms with Crippen LogP contribution < -0.4 is 5.32 Å². The van der Waals surface area contributed by atoms with Crippen LogP contribution in [0.3, 0.4) is 0 Å². The predicted octanol–water partition coefficient (Wildman–Crippen LogP) is 4.73. The van der Waals surface area contributed by atoms with Crippen molar-refractivity contribution >= 4 is 11.3 Å². The molecule has 2 rings (SSSR count). The van der Waals surface area contributed by atoms with E-state index >= 15 is 0 Å². The van der Waals surface area contributed by atoms with Gasteiger partial charge in [0.2, 0.25) is 0 Å². The lowest BCUT2D eigenvalue weighted by Crippen LogP contribution is -2.21.